The van der Waals surface area contributed by atoms with Crippen molar-refractivity contribution in [2.45, 2.75) is 37.9 Å². The quantitative estimate of drug-likeness (QED) is 0.373. The van der Waals surface area contributed by atoms with Gasteiger partial charge in [0, 0.05) is 56.3 Å². The number of hydrogen-bond donors (Lipinski definition) is 2. The molecule has 3 aromatic rings. The molecule has 4 heterocycles. The maximum atomic E-state index is 13.5. The zero-order valence-electron chi connectivity index (χ0n) is 25.0. The van der Waals surface area contributed by atoms with Gasteiger partial charge in [-0.15, -0.1) is 0 Å². The largest absolute Gasteiger partial charge is 0.378 e. The van der Waals surface area contributed by atoms with E-state index in [1.54, 1.807) is 4.90 Å². The van der Waals surface area contributed by atoms with E-state index in [4.69, 9.17) is 10.5 Å². The third kappa shape index (κ3) is 5.75. The molecule has 1 aromatic heterocycles. The first-order valence-electron chi connectivity index (χ1n) is 15.2. The van der Waals surface area contributed by atoms with Crippen LogP contribution >= 0.6 is 0 Å². The van der Waals surface area contributed by atoms with Crippen LogP contribution in [0.2, 0.25) is 0 Å². The molecule has 2 aromatic carbocycles. The number of piperazine rings is 1. The van der Waals surface area contributed by atoms with Crippen molar-refractivity contribution in [2.75, 3.05) is 57.4 Å². The smallest absolute Gasteiger partial charge is 0.248 e. The van der Waals surface area contributed by atoms with E-state index in [0.29, 0.717) is 24.7 Å². The van der Waals surface area contributed by atoms with Crippen molar-refractivity contribution >= 4 is 17.6 Å². The Morgan fingerprint density at radius 3 is 2.53 bits per heavy atom. The average molecular weight is 584 g/mol. The summed E-state index contributed by atoms with van der Waals surface area (Å²) in [5.74, 6) is 0.0888. The minimum atomic E-state index is -0.752. The molecule has 0 saturated carbocycles. The number of benzene rings is 2. The molecular formula is C33H41N7O3. The van der Waals surface area contributed by atoms with Gasteiger partial charge in [-0.25, -0.2) is 4.68 Å². The Morgan fingerprint density at radius 2 is 1.86 bits per heavy atom. The van der Waals surface area contributed by atoms with Gasteiger partial charge >= 0.3 is 0 Å². The van der Waals surface area contributed by atoms with E-state index in [0.717, 1.165) is 67.6 Å². The van der Waals surface area contributed by atoms with E-state index >= 15 is 0 Å². The number of nitrogens with one attached hydrogen (secondary N) is 1. The number of fused-ring (bicyclic) bond motifs is 1. The summed E-state index contributed by atoms with van der Waals surface area (Å²) in [6.45, 7) is 14.5. The number of carbonyl (C=O) groups is 2. The molecule has 0 unspecified atom stereocenters. The van der Waals surface area contributed by atoms with Crippen LogP contribution in [0.3, 0.4) is 0 Å². The number of anilines is 1. The van der Waals surface area contributed by atoms with Crippen molar-refractivity contribution < 1.29 is 14.3 Å². The van der Waals surface area contributed by atoms with Gasteiger partial charge in [-0.2, -0.15) is 5.10 Å². The van der Waals surface area contributed by atoms with E-state index in [1.807, 2.05) is 79.3 Å². The molecule has 10 heteroatoms. The van der Waals surface area contributed by atoms with Crippen LogP contribution in [0.4, 0.5) is 5.82 Å². The summed E-state index contributed by atoms with van der Waals surface area (Å²) in [5, 5.41) is 7.81. The van der Waals surface area contributed by atoms with Gasteiger partial charge in [0.2, 0.25) is 11.8 Å². The molecule has 0 radical (unpaired) electrons. The van der Waals surface area contributed by atoms with Gasteiger partial charge in [-0.3, -0.25) is 24.3 Å². The molecule has 0 spiro atoms. The molecule has 3 aliphatic heterocycles. The zero-order valence-corrected chi connectivity index (χ0v) is 25.0. The standard InChI is InChI=1S/C33H41N7O3/c1-4-39-32-28(18-35-40(32)26-11-6-5-7-12-26)29(30(34)33(39)42)25-10-8-9-24(17-25)23(3)36-31(41)22(2)19-37-13-15-38(16-14-37)27-20-43-21-27/h5-12,17-18,23,27,29-30H,2,4,13-16,19-21,34H2,1,3H3,(H,36,41)/t23-,29+,30-/m0/s1. The van der Waals surface area contributed by atoms with Gasteiger partial charge in [0.1, 0.15) is 5.82 Å². The highest BCUT2D eigenvalue weighted by molar-refractivity contribution is 6.01. The second kappa shape index (κ2) is 12.4. The highest BCUT2D eigenvalue weighted by atomic mass is 16.5. The number of ether oxygens (including phenoxy) is 1. The van der Waals surface area contributed by atoms with Crippen molar-refractivity contribution in [1.29, 1.82) is 0 Å². The fourth-order valence-electron chi connectivity index (χ4n) is 6.38. The van der Waals surface area contributed by atoms with E-state index in [1.165, 1.54) is 0 Å². The summed E-state index contributed by atoms with van der Waals surface area (Å²) in [6.07, 6.45) is 1.82. The maximum Gasteiger partial charge on any atom is 0.248 e. The number of hydrogen-bond acceptors (Lipinski definition) is 7. The van der Waals surface area contributed by atoms with E-state index in [-0.39, 0.29) is 23.8 Å². The number of para-hydroxylation sites is 1. The normalized spacial score (nSPS) is 22.1. The van der Waals surface area contributed by atoms with Crippen molar-refractivity contribution in [1.82, 2.24) is 24.9 Å². The molecule has 3 atom stereocenters. The molecule has 3 aliphatic rings. The lowest BCUT2D eigenvalue weighted by Gasteiger charge is -2.42. The lowest BCUT2D eigenvalue weighted by molar-refractivity contribution is -0.120. The number of nitrogens with two attached hydrogens (primary N) is 1. The predicted molar refractivity (Wildman–Crippen MR) is 166 cm³/mol. The Bertz CT molecular complexity index is 1480. The van der Waals surface area contributed by atoms with Gasteiger partial charge in [0.05, 0.1) is 43.2 Å². The van der Waals surface area contributed by atoms with Gasteiger partial charge in [-0.05, 0) is 37.1 Å². The van der Waals surface area contributed by atoms with Crippen LogP contribution in [0, 0.1) is 0 Å². The first-order chi connectivity index (χ1) is 20.9. The summed E-state index contributed by atoms with van der Waals surface area (Å²) in [7, 11) is 0. The van der Waals surface area contributed by atoms with Crippen molar-refractivity contribution in [2.24, 2.45) is 5.73 Å². The van der Waals surface area contributed by atoms with Gasteiger partial charge in [0.15, 0.2) is 0 Å². The Morgan fingerprint density at radius 1 is 1.12 bits per heavy atom. The van der Waals surface area contributed by atoms with Crippen LogP contribution in [0.25, 0.3) is 5.69 Å². The summed E-state index contributed by atoms with van der Waals surface area (Å²) >= 11 is 0. The molecular weight excluding hydrogens is 542 g/mol. The van der Waals surface area contributed by atoms with Crippen LogP contribution in [0.5, 0.6) is 0 Å². The highest BCUT2D eigenvalue weighted by Crippen LogP contribution is 2.41. The second-order valence-corrected chi connectivity index (χ2v) is 11.7. The minimum absolute atomic E-state index is 0.136. The number of rotatable bonds is 9. The molecule has 3 N–H and O–H groups in total. The van der Waals surface area contributed by atoms with Gasteiger partial charge in [-0.1, -0.05) is 49.0 Å². The Hall–Kier alpha value is -3.83. The number of likely N-dealkylation sites (N-methyl/N-ethyl adjacent to an activating group) is 1. The molecule has 2 saturated heterocycles. The van der Waals surface area contributed by atoms with Crippen molar-refractivity contribution in [3.8, 4) is 5.69 Å². The predicted octanol–water partition coefficient (Wildman–Crippen LogP) is 2.45. The molecule has 2 fully saturated rings. The Balaban J connectivity index is 1.16. The van der Waals surface area contributed by atoms with E-state index < -0.39 is 6.04 Å². The van der Waals surface area contributed by atoms with E-state index in [9.17, 15) is 9.59 Å². The summed E-state index contributed by atoms with van der Waals surface area (Å²) in [6, 6.07) is 17.3. The van der Waals surface area contributed by atoms with Crippen LogP contribution in [-0.2, 0) is 14.3 Å². The van der Waals surface area contributed by atoms with Gasteiger partial charge < -0.3 is 15.8 Å². The third-order valence-corrected chi connectivity index (χ3v) is 8.99. The first kappa shape index (κ1) is 29.3. The Labute approximate surface area is 253 Å². The Kier molecular flexibility index (Phi) is 8.45. The number of aromatic nitrogens is 2. The summed E-state index contributed by atoms with van der Waals surface area (Å²) < 4.78 is 7.14. The second-order valence-electron chi connectivity index (χ2n) is 11.7. The first-order valence-corrected chi connectivity index (χ1v) is 15.2. The van der Waals surface area contributed by atoms with Crippen LogP contribution in [-0.4, -0.2) is 96.0 Å². The van der Waals surface area contributed by atoms with Crippen molar-refractivity contribution in [3.05, 3.63) is 89.6 Å². The SMILES string of the molecule is C=C(CN1CCN(C2COC2)CC1)C(=O)N[C@@H](C)c1cccc([C@@H]2c3cnn(-c4ccccc4)c3N(CC)C(=O)[C@H]2N)c1. The topological polar surface area (TPSA) is 109 Å². The highest BCUT2D eigenvalue weighted by Gasteiger charge is 2.41. The lowest BCUT2D eigenvalue weighted by atomic mass is 9.82. The lowest BCUT2D eigenvalue weighted by Crippen LogP contribution is -2.56. The molecule has 0 bridgehead atoms. The molecule has 2 amide bonds. The fourth-order valence-corrected chi connectivity index (χ4v) is 6.38. The van der Waals surface area contributed by atoms with Gasteiger partial charge in [0.25, 0.3) is 0 Å². The molecule has 10 nitrogen and oxygen atoms in total. The molecule has 0 aliphatic carbocycles. The summed E-state index contributed by atoms with van der Waals surface area (Å²) in [4.78, 5) is 33.2. The van der Waals surface area contributed by atoms with E-state index in [2.05, 4.69) is 26.8 Å². The number of nitrogens with zero attached hydrogens (tertiary/aromatic N) is 5. The molecule has 6 rings (SSSR count). The third-order valence-electron chi connectivity index (χ3n) is 8.99. The van der Waals surface area contributed by atoms with Crippen LogP contribution < -0.4 is 16.0 Å². The minimum Gasteiger partial charge on any atom is -0.378 e. The molecule has 43 heavy (non-hydrogen) atoms. The maximum absolute atomic E-state index is 13.5. The summed E-state index contributed by atoms with van der Waals surface area (Å²) in [5.41, 5.74) is 10.8. The fraction of sp³-hybridized carbons (Fsp3) is 0.424. The monoisotopic (exact) mass is 583 g/mol. The van der Waals surface area contributed by atoms with Crippen molar-refractivity contribution in [3.63, 3.8) is 0 Å². The van der Waals surface area contributed by atoms with Crippen LogP contribution in [0.15, 0.2) is 72.9 Å². The van der Waals surface area contributed by atoms with Crippen LogP contribution in [0.1, 0.15) is 42.5 Å². The zero-order chi connectivity index (χ0) is 30.1. The average Bonchev–Trinajstić information content (AvgIpc) is 3.42. The molecule has 226 valence electrons. The number of carbonyl (C=O) groups excluding carboxylic acids is 2. The number of amides is 2.